The number of amides is 1. The molecule has 1 N–H and O–H groups in total. The summed E-state index contributed by atoms with van der Waals surface area (Å²) in [5.74, 6) is -0.254. The fourth-order valence-electron chi connectivity index (χ4n) is 2.90. The van der Waals surface area contributed by atoms with E-state index in [-0.39, 0.29) is 19.0 Å². The van der Waals surface area contributed by atoms with Crippen LogP contribution in [-0.2, 0) is 11.3 Å². The number of nitrogens with zero attached hydrogens (tertiary/aromatic N) is 1. The maximum absolute atomic E-state index is 13.2. The molecule has 0 spiro atoms. The minimum atomic E-state index is -0.825. The number of benzene rings is 2. The minimum absolute atomic E-state index is 0.174. The number of β-amino-alcohol motifs (C(OH)–C–C–N with tert-alkyl or cyclic N) is 1. The van der Waals surface area contributed by atoms with E-state index in [1.807, 2.05) is 6.07 Å². The second-order valence-corrected chi connectivity index (χ2v) is 6.02. The number of aliphatic hydroxyl groups is 1. The molecule has 5 nitrogen and oxygen atoms in total. The number of carbonyl (C=O) groups is 1. The van der Waals surface area contributed by atoms with Crippen LogP contribution in [0.25, 0.3) is 0 Å². The molecule has 2 aromatic rings. The average molecular weight is 345 g/mol. The second kappa shape index (κ2) is 7.63. The molecule has 1 saturated heterocycles. The minimum Gasteiger partial charge on any atom is -0.486 e. The van der Waals surface area contributed by atoms with Gasteiger partial charge in [-0.25, -0.2) is 4.39 Å². The summed E-state index contributed by atoms with van der Waals surface area (Å²) in [6.07, 6.45) is -1.41. The third kappa shape index (κ3) is 4.15. The van der Waals surface area contributed by atoms with Crippen LogP contribution in [0.1, 0.15) is 15.9 Å². The summed E-state index contributed by atoms with van der Waals surface area (Å²) in [6.45, 7) is 0.841. The van der Waals surface area contributed by atoms with Crippen LogP contribution in [0, 0.1) is 5.82 Å². The SMILES string of the molecule is COCc1cccc(C(=O)N2C[C@@H](O)[C@H](Oc3cccc(F)c3)C2)c1. The van der Waals surface area contributed by atoms with Crippen molar-refractivity contribution in [2.45, 2.75) is 18.8 Å². The highest BCUT2D eigenvalue weighted by Crippen LogP contribution is 2.21. The number of carbonyl (C=O) groups excluding carboxylic acids is 1. The fraction of sp³-hybridized carbons (Fsp3) is 0.316. The first kappa shape index (κ1) is 17.4. The van der Waals surface area contributed by atoms with Crippen molar-refractivity contribution in [2.24, 2.45) is 0 Å². The van der Waals surface area contributed by atoms with Crippen molar-refractivity contribution in [1.29, 1.82) is 0 Å². The lowest BCUT2D eigenvalue weighted by Crippen LogP contribution is -2.31. The predicted molar refractivity (Wildman–Crippen MR) is 89.9 cm³/mol. The van der Waals surface area contributed by atoms with Crippen molar-refractivity contribution in [3.63, 3.8) is 0 Å². The van der Waals surface area contributed by atoms with Gasteiger partial charge in [-0.15, -0.1) is 0 Å². The quantitative estimate of drug-likeness (QED) is 0.903. The van der Waals surface area contributed by atoms with Crippen LogP contribution < -0.4 is 4.74 Å². The number of hydrogen-bond acceptors (Lipinski definition) is 4. The van der Waals surface area contributed by atoms with Gasteiger partial charge >= 0.3 is 0 Å². The van der Waals surface area contributed by atoms with Gasteiger partial charge in [-0.05, 0) is 29.8 Å². The van der Waals surface area contributed by atoms with E-state index in [2.05, 4.69) is 0 Å². The number of halogens is 1. The molecule has 0 bridgehead atoms. The standard InChI is InChI=1S/C19H20FNO4/c1-24-12-13-4-2-5-14(8-13)19(23)21-10-17(22)18(11-21)25-16-7-3-6-15(20)9-16/h2-9,17-18,22H,10-12H2,1H3/t17-,18-/m1/s1. The Morgan fingerprint density at radius 2 is 2.04 bits per heavy atom. The molecule has 0 aliphatic carbocycles. The summed E-state index contributed by atoms with van der Waals surface area (Å²) < 4.78 is 24.0. The Balaban J connectivity index is 1.68. The zero-order valence-corrected chi connectivity index (χ0v) is 13.9. The van der Waals surface area contributed by atoms with Gasteiger partial charge in [0.1, 0.15) is 23.8 Å². The fourth-order valence-corrected chi connectivity index (χ4v) is 2.90. The highest BCUT2D eigenvalue weighted by Gasteiger charge is 2.36. The van der Waals surface area contributed by atoms with Crippen molar-refractivity contribution in [3.05, 3.63) is 65.5 Å². The molecule has 1 fully saturated rings. The molecule has 132 valence electrons. The van der Waals surface area contributed by atoms with E-state index in [0.29, 0.717) is 17.9 Å². The highest BCUT2D eigenvalue weighted by molar-refractivity contribution is 5.94. The van der Waals surface area contributed by atoms with E-state index in [0.717, 1.165) is 5.56 Å². The van der Waals surface area contributed by atoms with E-state index in [1.54, 1.807) is 36.3 Å². The molecular formula is C19H20FNO4. The molecule has 1 aliphatic rings. The van der Waals surface area contributed by atoms with Gasteiger partial charge in [0.05, 0.1) is 19.7 Å². The maximum Gasteiger partial charge on any atom is 0.254 e. The molecule has 0 saturated carbocycles. The molecule has 0 unspecified atom stereocenters. The van der Waals surface area contributed by atoms with E-state index in [4.69, 9.17) is 9.47 Å². The van der Waals surface area contributed by atoms with Gasteiger partial charge in [-0.2, -0.15) is 0 Å². The Morgan fingerprint density at radius 1 is 1.24 bits per heavy atom. The van der Waals surface area contributed by atoms with Gasteiger partial charge < -0.3 is 19.5 Å². The van der Waals surface area contributed by atoms with Gasteiger partial charge in [0.15, 0.2) is 0 Å². The number of hydrogen-bond donors (Lipinski definition) is 1. The predicted octanol–water partition coefficient (Wildman–Crippen LogP) is 2.24. The number of rotatable bonds is 5. The zero-order valence-electron chi connectivity index (χ0n) is 13.9. The largest absolute Gasteiger partial charge is 0.486 e. The first-order chi connectivity index (χ1) is 12.1. The maximum atomic E-state index is 13.2. The average Bonchev–Trinajstić information content (AvgIpc) is 2.95. The number of likely N-dealkylation sites (tertiary alicyclic amines) is 1. The van der Waals surface area contributed by atoms with Gasteiger partial charge in [0.25, 0.3) is 5.91 Å². The first-order valence-electron chi connectivity index (χ1n) is 8.04. The van der Waals surface area contributed by atoms with Crippen LogP contribution in [-0.4, -0.2) is 48.3 Å². The van der Waals surface area contributed by atoms with Crippen molar-refractivity contribution >= 4 is 5.91 Å². The van der Waals surface area contributed by atoms with Crippen LogP contribution in [0.5, 0.6) is 5.75 Å². The molecular weight excluding hydrogens is 325 g/mol. The molecule has 0 aromatic heterocycles. The topological polar surface area (TPSA) is 59.0 Å². The third-order valence-electron chi connectivity index (χ3n) is 4.09. The molecule has 3 rings (SSSR count). The summed E-state index contributed by atoms with van der Waals surface area (Å²) in [6, 6.07) is 12.9. The smallest absolute Gasteiger partial charge is 0.254 e. The summed E-state index contributed by atoms with van der Waals surface area (Å²) in [4.78, 5) is 14.2. The Bertz CT molecular complexity index is 752. The summed E-state index contributed by atoms with van der Waals surface area (Å²) in [5, 5.41) is 10.2. The van der Waals surface area contributed by atoms with E-state index in [1.165, 1.54) is 18.2 Å². The highest BCUT2D eigenvalue weighted by atomic mass is 19.1. The summed E-state index contributed by atoms with van der Waals surface area (Å²) >= 11 is 0. The Kier molecular flexibility index (Phi) is 5.31. The number of ether oxygens (including phenoxy) is 2. The monoisotopic (exact) mass is 345 g/mol. The Labute approximate surface area is 145 Å². The van der Waals surface area contributed by atoms with Crippen LogP contribution in [0.15, 0.2) is 48.5 Å². The normalized spacial score (nSPS) is 19.9. The molecule has 1 amide bonds. The Hall–Kier alpha value is -2.44. The van der Waals surface area contributed by atoms with Crippen molar-refractivity contribution in [2.75, 3.05) is 20.2 Å². The molecule has 6 heteroatoms. The zero-order chi connectivity index (χ0) is 17.8. The summed E-state index contributed by atoms with van der Waals surface area (Å²) in [5.41, 5.74) is 1.44. The lowest BCUT2D eigenvalue weighted by molar-refractivity contribution is 0.0728. The van der Waals surface area contributed by atoms with Crippen LogP contribution in [0.2, 0.25) is 0 Å². The molecule has 2 aromatic carbocycles. The molecule has 25 heavy (non-hydrogen) atoms. The molecule has 0 radical (unpaired) electrons. The van der Waals surface area contributed by atoms with E-state index in [9.17, 15) is 14.3 Å². The van der Waals surface area contributed by atoms with Gasteiger partial charge in [0, 0.05) is 18.7 Å². The molecule has 1 heterocycles. The van der Waals surface area contributed by atoms with E-state index >= 15 is 0 Å². The van der Waals surface area contributed by atoms with Crippen molar-refractivity contribution in [1.82, 2.24) is 4.90 Å². The van der Waals surface area contributed by atoms with E-state index < -0.39 is 18.0 Å². The van der Waals surface area contributed by atoms with Crippen LogP contribution in [0.4, 0.5) is 4.39 Å². The number of aliphatic hydroxyl groups excluding tert-OH is 1. The third-order valence-corrected chi connectivity index (χ3v) is 4.09. The lowest BCUT2D eigenvalue weighted by atomic mass is 10.1. The van der Waals surface area contributed by atoms with Crippen LogP contribution in [0.3, 0.4) is 0 Å². The number of methoxy groups -OCH3 is 1. The van der Waals surface area contributed by atoms with Crippen LogP contribution >= 0.6 is 0 Å². The molecule has 1 aliphatic heterocycles. The summed E-state index contributed by atoms with van der Waals surface area (Å²) in [7, 11) is 1.60. The first-order valence-corrected chi connectivity index (χ1v) is 8.04. The van der Waals surface area contributed by atoms with Crippen molar-refractivity contribution in [3.8, 4) is 5.75 Å². The van der Waals surface area contributed by atoms with Gasteiger partial charge in [0.2, 0.25) is 0 Å². The van der Waals surface area contributed by atoms with Gasteiger partial charge in [-0.1, -0.05) is 18.2 Å². The molecule has 2 atom stereocenters. The van der Waals surface area contributed by atoms with Crippen molar-refractivity contribution < 1.29 is 23.8 Å². The van der Waals surface area contributed by atoms with Gasteiger partial charge in [-0.3, -0.25) is 4.79 Å². The Morgan fingerprint density at radius 3 is 2.80 bits per heavy atom. The second-order valence-electron chi connectivity index (χ2n) is 6.02. The lowest BCUT2D eigenvalue weighted by Gasteiger charge is -2.17.